The smallest absolute Gasteiger partial charge is 0.271 e. The molecule has 0 aliphatic heterocycles. The molecule has 7 heteroatoms. The first-order valence-electron chi connectivity index (χ1n) is 7.07. The molecule has 1 aromatic carbocycles. The molecule has 21 heavy (non-hydrogen) atoms. The minimum absolute atomic E-state index is 0.0552. The van der Waals surface area contributed by atoms with E-state index in [-0.39, 0.29) is 29.6 Å². The van der Waals surface area contributed by atoms with Gasteiger partial charge in [0.15, 0.2) is 0 Å². The molecule has 0 radical (unpaired) electrons. The van der Waals surface area contributed by atoms with Gasteiger partial charge in [0, 0.05) is 18.2 Å². The molecule has 1 amide bonds. The van der Waals surface area contributed by atoms with E-state index in [2.05, 4.69) is 10.6 Å². The summed E-state index contributed by atoms with van der Waals surface area (Å²) in [5.41, 5.74) is -0.122. The zero-order chi connectivity index (χ0) is 15.2. The zero-order valence-electron chi connectivity index (χ0n) is 11.7. The van der Waals surface area contributed by atoms with Gasteiger partial charge in [0.05, 0.1) is 17.2 Å². The molecular formula is C14H19N3O4. The number of hydrogen-bond donors (Lipinski definition) is 3. The number of rotatable bonds is 5. The summed E-state index contributed by atoms with van der Waals surface area (Å²) in [5.74, 6) is -0.511. The average molecular weight is 293 g/mol. The van der Waals surface area contributed by atoms with Crippen LogP contribution in [0.4, 0.5) is 11.4 Å². The van der Waals surface area contributed by atoms with Gasteiger partial charge in [-0.2, -0.15) is 0 Å². The highest BCUT2D eigenvalue weighted by Gasteiger charge is 2.16. The summed E-state index contributed by atoms with van der Waals surface area (Å²) in [7, 11) is 0. The molecule has 0 spiro atoms. The lowest BCUT2D eigenvalue weighted by Crippen LogP contribution is -2.37. The number of anilines is 1. The van der Waals surface area contributed by atoms with Crippen LogP contribution >= 0.6 is 0 Å². The van der Waals surface area contributed by atoms with E-state index in [0.29, 0.717) is 6.04 Å². The fourth-order valence-electron chi connectivity index (χ4n) is 2.48. The van der Waals surface area contributed by atoms with Crippen molar-refractivity contribution in [1.29, 1.82) is 0 Å². The fourth-order valence-corrected chi connectivity index (χ4v) is 2.48. The fraction of sp³-hybridized carbons (Fsp3) is 0.500. The van der Waals surface area contributed by atoms with E-state index < -0.39 is 4.92 Å². The second-order valence-electron chi connectivity index (χ2n) is 5.22. The van der Waals surface area contributed by atoms with Crippen LogP contribution in [0.3, 0.4) is 0 Å². The molecule has 114 valence electrons. The molecule has 2 rings (SSSR count). The van der Waals surface area contributed by atoms with Gasteiger partial charge in [-0.15, -0.1) is 0 Å². The Bertz CT molecular complexity index is 527. The SMILES string of the molecule is O=C(CNC1CCCCC1)Nc1cc([N+](=O)[O-])ccc1O. The number of amides is 1. The van der Waals surface area contributed by atoms with Crippen LogP contribution in [0.25, 0.3) is 0 Å². The van der Waals surface area contributed by atoms with Crippen molar-refractivity contribution in [3.05, 3.63) is 28.3 Å². The lowest BCUT2D eigenvalue weighted by molar-refractivity contribution is -0.384. The Kier molecular flexibility index (Phi) is 5.10. The number of hydrogen-bond acceptors (Lipinski definition) is 5. The quantitative estimate of drug-likeness (QED) is 0.438. The van der Waals surface area contributed by atoms with Crippen molar-refractivity contribution in [2.75, 3.05) is 11.9 Å². The maximum absolute atomic E-state index is 11.8. The Balaban J connectivity index is 1.89. The van der Waals surface area contributed by atoms with Crippen LogP contribution in [-0.4, -0.2) is 28.5 Å². The molecule has 0 aromatic heterocycles. The van der Waals surface area contributed by atoms with Crippen molar-refractivity contribution in [1.82, 2.24) is 5.32 Å². The Morgan fingerprint density at radius 3 is 2.71 bits per heavy atom. The van der Waals surface area contributed by atoms with Gasteiger partial charge in [-0.3, -0.25) is 14.9 Å². The van der Waals surface area contributed by atoms with Crippen molar-refractivity contribution in [2.45, 2.75) is 38.1 Å². The number of phenolic OH excluding ortho intramolecular Hbond substituents is 1. The largest absolute Gasteiger partial charge is 0.506 e. The predicted octanol–water partition coefficient (Wildman–Crippen LogP) is 2.16. The maximum Gasteiger partial charge on any atom is 0.271 e. The number of benzene rings is 1. The number of nitro groups is 1. The molecule has 0 bridgehead atoms. The van der Waals surface area contributed by atoms with E-state index in [1.807, 2.05) is 0 Å². The third kappa shape index (κ3) is 4.42. The van der Waals surface area contributed by atoms with Gasteiger partial charge in [-0.25, -0.2) is 0 Å². The van der Waals surface area contributed by atoms with Gasteiger partial charge in [0.1, 0.15) is 5.75 Å². The van der Waals surface area contributed by atoms with Gasteiger partial charge in [0.25, 0.3) is 5.69 Å². The molecule has 3 N–H and O–H groups in total. The van der Waals surface area contributed by atoms with Crippen LogP contribution in [-0.2, 0) is 4.79 Å². The normalized spacial score (nSPS) is 15.6. The Hall–Kier alpha value is -2.15. The Morgan fingerprint density at radius 1 is 1.33 bits per heavy atom. The Morgan fingerprint density at radius 2 is 2.05 bits per heavy atom. The monoisotopic (exact) mass is 293 g/mol. The highest BCUT2D eigenvalue weighted by atomic mass is 16.6. The van der Waals surface area contributed by atoms with Crippen molar-refractivity contribution >= 4 is 17.3 Å². The van der Waals surface area contributed by atoms with E-state index in [1.54, 1.807) is 0 Å². The zero-order valence-corrected chi connectivity index (χ0v) is 11.7. The van der Waals surface area contributed by atoms with Gasteiger partial charge in [-0.1, -0.05) is 19.3 Å². The molecule has 1 aliphatic rings. The summed E-state index contributed by atoms with van der Waals surface area (Å²) in [5, 5.41) is 26.0. The summed E-state index contributed by atoms with van der Waals surface area (Å²) in [4.78, 5) is 21.9. The van der Waals surface area contributed by atoms with Crippen LogP contribution in [0.15, 0.2) is 18.2 Å². The maximum atomic E-state index is 11.8. The number of nitrogens with zero attached hydrogens (tertiary/aromatic N) is 1. The molecule has 0 atom stereocenters. The van der Waals surface area contributed by atoms with Crippen LogP contribution in [0, 0.1) is 10.1 Å². The van der Waals surface area contributed by atoms with E-state index in [9.17, 15) is 20.0 Å². The van der Waals surface area contributed by atoms with Crippen LogP contribution in [0.1, 0.15) is 32.1 Å². The molecule has 0 saturated heterocycles. The van der Waals surface area contributed by atoms with Gasteiger partial charge < -0.3 is 15.7 Å². The first-order chi connectivity index (χ1) is 10.1. The first-order valence-corrected chi connectivity index (χ1v) is 7.07. The molecule has 0 heterocycles. The minimum Gasteiger partial charge on any atom is -0.506 e. The minimum atomic E-state index is -0.574. The summed E-state index contributed by atoms with van der Waals surface area (Å²) < 4.78 is 0. The van der Waals surface area contributed by atoms with E-state index in [0.717, 1.165) is 18.9 Å². The van der Waals surface area contributed by atoms with Crippen molar-refractivity contribution in [2.24, 2.45) is 0 Å². The summed E-state index contributed by atoms with van der Waals surface area (Å²) in [6.45, 7) is 0.132. The number of nitrogens with one attached hydrogen (secondary N) is 2. The second kappa shape index (κ2) is 7.03. The summed E-state index contributed by atoms with van der Waals surface area (Å²) >= 11 is 0. The number of nitro benzene ring substituents is 1. The molecule has 1 aliphatic carbocycles. The predicted molar refractivity (Wildman–Crippen MR) is 78.3 cm³/mol. The molecule has 1 fully saturated rings. The van der Waals surface area contributed by atoms with Crippen LogP contribution in [0.5, 0.6) is 5.75 Å². The first kappa shape index (κ1) is 15.2. The number of non-ortho nitro benzene ring substituents is 1. The van der Waals surface area contributed by atoms with Crippen LogP contribution in [0.2, 0.25) is 0 Å². The van der Waals surface area contributed by atoms with Crippen molar-refractivity contribution in [3.8, 4) is 5.75 Å². The van der Waals surface area contributed by atoms with E-state index in [1.165, 1.54) is 31.4 Å². The average Bonchev–Trinajstić information content (AvgIpc) is 2.48. The number of phenols is 1. The van der Waals surface area contributed by atoms with Gasteiger partial charge in [0.2, 0.25) is 5.91 Å². The van der Waals surface area contributed by atoms with Gasteiger partial charge >= 0.3 is 0 Å². The number of carbonyl (C=O) groups is 1. The number of aromatic hydroxyl groups is 1. The van der Waals surface area contributed by atoms with E-state index >= 15 is 0 Å². The van der Waals surface area contributed by atoms with Gasteiger partial charge in [-0.05, 0) is 18.9 Å². The molecule has 7 nitrogen and oxygen atoms in total. The highest BCUT2D eigenvalue weighted by Crippen LogP contribution is 2.27. The second-order valence-corrected chi connectivity index (χ2v) is 5.22. The van der Waals surface area contributed by atoms with Crippen molar-refractivity contribution < 1.29 is 14.8 Å². The van der Waals surface area contributed by atoms with Crippen LogP contribution < -0.4 is 10.6 Å². The standard InChI is InChI=1S/C14H19N3O4/c18-13-7-6-11(17(20)21)8-12(13)16-14(19)9-15-10-4-2-1-3-5-10/h6-8,10,15,18H,1-5,9H2,(H,16,19). The lowest BCUT2D eigenvalue weighted by atomic mass is 9.95. The summed E-state index contributed by atoms with van der Waals surface area (Å²) in [6.07, 6.45) is 5.71. The molecule has 0 unspecified atom stereocenters. The molecule has 1 saturated carbocycles. The lowest BCUT2D eigenvalue weighted by Gasteiger charge is -2.22. The van der Waals surface area contributed by atoms with E-state index in [4.69, 9.17) is 0 Å². The van der Waals surface area contributed by atoms with Crippen molar-refractivity contribution in [3.63, 3.8) is 0 Å². The third-order valence-electron chi connectivity index (χ3n) is 3.62. The molecular weight excluding hydrogens is 274 g/mol. The Labute approximate surface area is 122 Å². The third-order valence-corrected chi connectivity index (χ3v) is 3.62. The number of carbonyl (C=O) groups excluding carboxylic acids is 1. The molecule has 1 aromatic rings. The summed E-state index contributed by atoms with van der Waals surface area (Å²) in [6, 6.07) is 3.88. The highest BCUT2D eigenvalue weighted by molar-refractivity contribution is 5.94. The topological polar surface area (TPSA) is 104 Å².